The molecule has 1 rings (SSSR count). The lowest BCUT2D eigenvalue weighted by Gasteiger charge is -2.01. The first-order valence-corrected chi connectivity index (χ1v) is 5.37. The first-order valence-electron chi connectivity index (χ1n) is 3.50. The summed E-state index contributed by atoms with van der Waals surface area (Å²) < 4.78 is 6.40. The molecule has 0 unspecified atom stereocenters. The molecule has 0 aliphatic rings. The van der Waals surface area contributed by atoms with Crippen molar-refractivity contribution in [1.82, 2.24) is 4.98 Å². The maximum atomic E-state index is 10.9. The van der Waals surface area contributed by atoms with Crippen LogP contribution in [0.4, 0.5) is 0 Å². The monoisotopic (exact) mass is 355 g/mol. The summed E-state index contributed by atoms with van der Waals surface area (Å²) in [5.41, 5.74) is 0.701. The Kier molecular flexibility index (Phi) is 4.11. The number of methoxy groups -OCH3 is 1. The number of rotatable bonds is 2. The summed E-state index contributed by atoms with van der Waals surface area (Å²) >= 11 is 5.49. The highest BCUT2D eigenvalue weighted by molar-refractivity contribution is 14.1. The van der Waals surface area contributed by atoms with Gasteiger partial charge in [-0.1, -0.05) is 0 Å². The van der Waals surface area contributed by atoms with Gasteiger partial charge in [0.2, 0.25) is 0 Å². The number of carbonyl (C=O) groups is 1. The minimum Gasteiger partial charge on any atom is -0.469 e. The topological polar surface area (TPSA) is 39.2 Å². The number of carbonyl (C=O) groups excluding carboxylic acids is 1. The van der Waals surface area contributed by atoms with E-state index in [-0.39, 0.29) is 12.4 Å². The quantitative estimate of drug-likeness (QED) is 0.603. The Labute approximate surface area is 98.2 Å². The Bertz CT molecular complexity index is 330. The van der Waals surface area contributed by atoms with Crippen molar-refractivity contribution in [3.05, 3.63) is 26.0 Å². The Morgan fingerprint density at radius 3 is 3.00 bits per heavy atom. The van der Waals surface area contributed by atoms with Gasteiger partial charge in [-0.2, -0.15) is 0 Å². The zero-order chi connectivity index (χ0) is 9.84. The third kappa shape index (κ3) is 3.22. The Morgan fingerprint density at radius 2 is 2.46 bits per heavy atom. The molecule has 70 valence electrons. The van der Waals surface area contributed by atoms with Crippen LogP contribution in [0, 0.1) is 3.57 Å². The lowest BCUT2D eigenvalue weighted by molar-refractivity contribution is -0.139. The lowest BCUT2D eigenvalue weighted by atomic mass is 10.3. The number of ether oxygens (including phenoxy) is 1. The Balaban J connectivity index is 2.83. The van der Waals surface area contributed by atoms with E-state index in [1.165, 1.54) is 7.11 Å². The average Bonchev–Trinajstić information content (AvgIpc) is 2.09. The molecule has 0 saturated carbocycles. The summed E-state index contributed by atoms with van der Waals surface area (Å²) in [6.07, 6.45) is 1.91. The molecule has 0 spiro atoms. The molecule has 0 N–H and O–H groups in total. The zero-order valence-electron chi connectivity index (χ0n) is 6.88. The predicted octanol–water partition coefficient (Wildman–Crippen LogP) is 2.16. The first-order chi connectivity index (χ1) is 6.13. The molecule has 0 aliphatic carbocycles. The second-order valence-electron chi connectivity index (χ2n) is 2.33. The number of halogens is 2. The van der Waals surface area contributed by atoms with E-state index in [0.717, 1.165) is 8.04 Å². The number of pyridine rings is 1. The molecule has 0 bridgehead atoms. The standard InChI is InChI=1S/C8H7BrINO2/c1-13-8(12)3-7-6(9)2-5(10)4-11-7/h2,4H,3H2,1H3. The van der Waals surface area contributed by atoms with Gasteiger partial charge in [0.05, 0.1) is 19.2 Å². The highest BCUT2D eigenvalue weighted by atomic mass is 127. The lowest BCUT2D eigenvalue weighted by Crippen LogP contribution is -2.06. The Hall–Kier alpha value is -0.170. The Morgan fingerprint density at radius 1 is 1.77 bits per heavy atom. The van der Waals surface area contributed by atoms with Crippen LogP contribution < -0.4 is 0 Å². The van der Waals surface area contributed by atoms with Crippen molar-refractivity contribution in [1.29, 1.82) is 0 Å². The van der Waals surface area contributed by atoms with Gasteiger partial charge >= 0.3 is 5.97 Å². The van der Waals surface area contributed by atoms with Crippen LogP contribution in [-0.4, -0.2) is 18.1 Å². The average molecular weight is 356 g/mol. The van der Waals surface area contributed by atoms with E-state index >= 15 is 0 Å². The molecular formula is C8H7BrINO2. The van der Waals surface area contributed by atoms with Gasteiger partial charge in [0.15, 0.2) is 0 Å². The van der Waals surface area contributed by atoms with Crippen LogP contribution in [0.5, 0.6) is 0 Å². The van der Waals surface area contributed by atoms with Crippen LogP contribution in [0.25, 0.3) is 0 Å². The van der Waals surface area contributed by atoms with Crippen LogP contribution >= 0.6 is 38.5 Å². The van der Waals surface area contributed by atoms with E-state index in [9.17, 15) is 4.79 Å². The molecule has 0 radical (unpaired) electrons. The third-order valence-electron chi connectivity index (χ3n) is 1.42. The molecule has 13 heavy (non-hydrogen) atoms. The van der Waals surface area contributed by atoms with Crippen molar-refractivity contribution in [2.75, 3.05) is 7.11 Å². The summed E-state index contributed by atoms with van der Waals surface area (Å²) in [4.78, 5) is 15.0. The summed E-state index contributed by atoms with van der Waals surface area (Å²) in [5, 5.41) is 0. The second-order valence-corrected chi connectivity index (χ2v) is 4.43. The van der Waals surface area contributed by atoms with E-state index in [1.54, 1.807) is 6.20 Å². The molecular weight excluding hydrogens is 349 g/mol. The smallest absolute Gasteiger partial charge is 0.311 e. The van der Waals surface area contributed by atoms with Gasteiger partial charge in [0, 0.05) is 14.2 Å². The highest BCUT2D eigenvalue weighted by Gasteiger charge is 2.07. The molecule has 0 saturated heterocycles. The van der Waals surface area contributed by atoms with Crippen molar-refractivity contribution >= 4 is 44.5 Å². The minimum absolute atomic E-state index is 0.202. The molecule has 1 aromatic heterocycles. The van der Waals surface area contributed by atoms with Crippen molar-refractivity contribution in [2.45, 2.75) is 6.42 Å². The van der Waals surface area contributed by atoms with Gasteiger partial charge in [-0.05, 0) is 44.6 Å². The number of hydrogen-bond acceptors (Lipinski definition) is 3. The summed E-state index contributed by atoms with van der Waals surface area (Å²) in [7, 11) is 1.36. The molecule has 0 aromatic carbocycles. The number of nitrogens with zero attached hydrogens (tertiary/aromatic N) is 1. The normalized spacial score (nSPS) is 9.77. The highest BCUT2D eigenvalue weighted by Crippen LogP contribution is 2.17. The third-order valence-corrected chi connectivity index (χ3v) is 2.70. The number of esters is 1. The van der Waals surface area contributed by atoms with Crippen LogP contribution in [0.1, 0.15) is 5.69 Å². The van der Waals surface area contributed by atoms with E-state index < -0.39 is 0 Å². The number of hydrogen-bond donors (Lipinski definition) is 0. The van der Waals surface area contributed by atoms with Crippen LogP contribution in [0.2, 0.25) is 0 Å². The van der Waals surface area contributed by atoms with Crippen LogP contribution in [0.3, 0.4) is 0 Å². The van der Waals surface area contributed by atoms with Crippen molar-refractivity contribution in [3.8, 4) is 0 Å². The van der Waals surface area contributed by atoms with Gasteiger partial charge in [0.25, 0.3) is 0 Å². The zero-order valence-corrected chi connectivity index (χ0v) is 10.6. The fourth-order valence-corrected chi connectivity index (χ4v) is 2.15. The molecule has 3 nitrogen and oxygen atoms in total. The maximum absolute atomic E-state index is 10.9. The molecule has 0 aliphatic heterocycles. The van der Waals surface area contributed by atoms with Crippen LogP contribution in [-0.2, 0) is 16.0 Å². The van der Waals surface area contributed by atoms with Gasteiger partial charge in [-0.3, -0.25) is 9.78 Å². The van der Waals surface area contributed by atoms with Crippen molar-refractivity contribution in [3.63, 3.8) is 0 Å². The minimum atomic E-state index is -0.283. The molecule has 0 atom stereocenters. The first kappa shape index (κ1) is 10.9. The maximum Gasteiger partial charge on any atom is 0.311 e. The van der Waals surface area contributed by atoms with Gasteiger partial charge in [-0.15, -0.1) is 0 Å². The van der Waals surface area contributed by atoms with Crippen molar-refractivity contribution in [2.24, 2.45) is 0 Å². The van der Waals surface area contributed by atoms with E-state index in [2.05, 4.69) is 48.2 Å². The van der Waals surface area contributed by atoms with Crippen molar-refractivity contribution < 1.29 is 9.53 Å². The van der Waals surface area contributed by atoms with E-state index in [4.69, 9.17) is 0 Å². The SMILES string of the molecule is COC(=O)Cc1ncc(I)cc1Br. The second kappa shape index (κ2) is 4.90. The molecule has 0 amide bonds. The summed E-state index contributed by atoms with van der Waals surface area (Å²) in [6, 6.07) is 1.91. The molecule has 0 fully saturated rings. The molecule has 1 aromatic rings. The summed E-state index contributed by atoms with van der Waals surface area (Å²) in [6.45, 7) is 0. The van der Waals surface area contributed by atoms with Gasteiger partial charge in [-0.25, -0.2) is 0 Å². The predicted molar refractivity (Wildman–Crippen MR) is 60.4 cm³/mol. The van der Waals surface area contributed by atoms with Gasteiger partial charge < -0.3 is 4.74 Å². The van der Waals surface area contributed by atoms with E-state index in [1.807, 2.05) is 6.07 Å². The number of aromatic nitrogens is 1. The van der Waals surface area contributed by atoms with E-state index in [0.29, 0.717) is 5.69 Å². The summed E-state index contributed by atoms with van der Waals surface area (Å²) in [5.74, 6) is -0.283. The fourth-order valence-electron chi connectivity index (χ4n) is 0.782. The van der Waals surface area contributed by atoms with Crippen LogP contribution in [0.15, 0.2) is 16.7 Å². The fraction of sp³-hybridized carbons (Fsp3) is 0.250. The largest absolute Gasteiger partial charge is 0.469 e. The molecule has 5 heteroatoms. The van der Waals surface area contributed by atoms with Gasteiger partial charge in [0.1, 0.15) is 0 Å². The molecule has 1 heterocycles.